The molecule has 0 aromatic heterocycles. The first-order valence-corrected chi connectivity index (χ1v) is 6.69. The summed E-state index contributed by atoms with van der Waals surface area (Å²) < 4.78 is 0. The minimum atomic E-state index is -0.0325. The van der Waals surface area contributed by atoms with Gasteiger partial charge in [-0.05, 0) is 38.0 Å². The molecule has 0 heterocycles. The summed E-state index contributed by atoms with van der Waals surface area (Å²) in [6.45, 7) is 6.45. The number of hydrogen-bond acceptors (Lipinski definition) is 2. The Balaban J connectivity index is 2.44. The molecule has 18 heavy (non-hydrogen) atoms. The zero-order chi connectivity index (χ0) is 13.5. The molecule has 0 aliphatic heterocycles. The third-order valence-corrected chi connectivity index (χ3v) is 3.18. The van der Waals surface area contributed by atoms with Gasteiger partial charge in [-0.2, -0.15) is 0 Å². The number of halogens is 1. The Bertz CT molecular complexity index is 395. The summed E-state index contributed by atoms with van der Waals surface area (Å²) in [5, 5.41) is 6.79. The number of nitrogens with one attached hydrogen (secondary N) is 2. The first-order valence-electron chi connectivity index (χ1n) is 6.31. The third kappa shape index (κ3) is 5.07. The fourth-order valence-corrected chi connectivity index (χ4v) is 1.76. The highest BCUT2D eigenvalue weighted by Gasteiger charge is 2.10. The predicted octanol–water partition coefficient (Wildman–Crippen LogP) is 2.91. The number of benzene rings is 1. The van der Waals surface area contributed by atoms with Gasteiger partial charge in [0.15, 0.2) is 0 Å². The summed E-state index contributed by atoms with van der Waals surface area (Å²) in [7, 11) is 0. The van der Waals surface area contributed by atoms with Crippen LogP contribution in [0, 0.1) is 0 Å². The highest BCUT2D eigenvalue weighted by atomic mass is 35.5. The quantitative estimate of drug-likeness (QED) is 0.833. The van der Waals surface area contributed by atoms with Crippen LogP contribution in [0.3, 0.4) is 0 Å². The molecule has 0 bridgehead atoms. The van der Waals surface area contributed by atoms with E-state index in [1.807, 2.05) is 31.2 Å². The molecule has 0 aliphatic carbocycles. The van der Waals surface area contributed by atoms with Crippen molar-refractivity contribution in [1.29, 1.82) is 0 Å². The molecule has 3 nitrogen and oxygen atoms in total. The van der Waals surface area contributed by atoms with Gasteiger partial charge in [0, 0.05) is 11.1 Å². The van der Waals surface area contributed by atoms with Crippen LogP contribution in [0.2, 0.25) is 5.02 Å². The van der Waals surface area contributed by atoms with Gasteiger partial charge in [-0.1, -0.05) is 30.7 Å². The molecule has 1 unspecified atom stereocenters. The average Bonchev–Trinajstić information content (AvgIpc) is 2.35. The first-order chi connectivity index (χ1) is 8.52. The lowest BCUT2D eigenvalue weighted by Gasteiger charge is -2.16. The van der Waals surface area contributed by atoms with E-state index in [2.05, 4.69) is 24.5 Å². The Labute approximate surface area is 114 Å². The standard InChI is InChI=1S/C14H21ClN2O/c1-4-10(2)16-9-14(18)17-11(3)12-6-5-7-13(15)8-12/h5-8,10-11,16H,4,9H2,1-3H3,(H,17,18)/t10?,11-/m0/s1. The third-order valence-electron chi connectivity index (χ3n) is 2.95. The van der Waals surface area contributed by atoms with Gasteiger partial charge in [0.1, 0.15) is 0 Å². The van der Waals surface area contributed by atoms with Crippen LogP contribution in [-0.2, 0) is 4.79 Å². The minimum absolute atomic E-state index is 0.00257. The summed E-state index contributed by atoms with van der Waals surface area (Å²) in [5.74, 6) is 0.00257. The molecular formula is C14H21ClN2O. The van der Waals surface area contributed by atoms with E-state index in [1.165, 1.54) is 0 Å². The Morgan fingerprint density at radius 1 is 1.39 bits per heavy atom. The van der Waals surface area contributed by atoms with E-state index < -0.39 is 0 Å². The molecule has 0 spiro atoms. The van der Waals surface area contributed by atoms with E-state index in [9.17, 15) is 4.79 Å². The molecule has 0 saturated carbocycles. The molecule has 1 aromatic rings. The van der Waals surface area contributed by atoms with Gasteiger partial charge in [0.2, 0.25) is 5.91 Å². The molecule has 0 fully saturated rings. The number of rotatable bonds is 6. The molecule has 1 aromatic carbocycles. The van der Waals surface area contributed by atoms with Gasteiger partial charge in [-0.15, -0.1) is 0 Å². The molecule has 1 rings (SSSR count). The van der Waals surface area contributed by atoms with E-state index in [-0.39, 0.29) is 11.9 Å². The largest absolute Gasteiger partial charge is 0.348 e. The minimum Gasteiger partial charge on any atom is -0.348 e. The molecule has 1 amide bonds. The van der Waals surface area contributed by atoms with Crippen molar-refractivity contribution in [2.24, 2.45) is 0 Å². The van der Waals surface area contributed by atoms with Gasteiger partial charge in [0.25, 0.3) is 0 Å². The SMILES string of the molecule is CCC(C)NCC(=O)N[C@@H](C)c1cccc(Cl)c1. The van der Waals surface area contributed by atoms with Crippen LogP contribution in [0.1, 0.15) is 38.8 Å². The Morgan fingerprint density at radius 2 is 2.11 bits per heavy atom. The summed E-state index contributed by atoms with van der Waals surface area (Å²) in [4.78, 5) is 11.7. The lowest BCUT2D eigenvalue weighted by Crippen LogP contribution is -2.38. The van der Waals surface area contributed by atoms with Crippen LogP contribution >= 0.6 is 11.6 Å². The van der Waals surface area contributed by atoms with Crippen molar-refractivity contribution in [2.75, 3.05) is 6.54 Å². The van der Waals surface area contributed by atoms with E-state index in [0.717, 1.165) is 12.0 Å². The van der Waals surface area contributed by atoms with Crippen LogP contribution in [0.25, 0.3) is 0 Å². The van der Waals surface area contributed by atoms with E-state index in [1.54, 1.807) is 0 Å². The van der Waals surface area contributed by atoms with Crippen molar-refractivity contribution in [3.8, 4) is 0 Å². The van der Waals surface area contributed by atoms with Crippen molar-refractivity contribution in [2.45, 2.75) is 39.3 Å². The summed E-state index contributed by atoms with van der Waals surface area (Å²) in [5.41, 5.74) is 1.01. The second-order valence-electron chi connectivity index (χ2n) is 4.53. The summed E-state index contributed by atoms with van der Waals surface area (Å²) in [6.07, 6.45) is 1.01. The molecule has 0 aliphatic rings. The maximum absolute atomic E-state index is 11.7. The van der Waals surface area contributed by atoms with Crippen LogP contribution in [-0.4, -0.2) is 18.5 Å². The predicted molar refractivity (Wildman–Crippen MR) is 75.8 cm³/mol. The van der Waals surface area contributed by atoms with Crippen molar-refractivity contribution in [1.82, 2.24) is 10.6 Å². The van der Waals surface area contributed by atoms with Crippen LogP contribution in [0.15, 0.2) is 24.3 Å². The smallest absolute Gasteiger partial charge is 0.234 e. The van der Waals surface area contributed by atoms with Crippen molar-refractivity contribution < 1.29 is 4.79 Å². The number of carbonyl (C=O) groups excluding carboxylic acids is 1. The lowest BCUT2D eigenvalue weighted by molar-refractivity contribution is -0.121. The number of hydrogen-bond donors (Lipinski definition) is 2. The summed E-state index contributed by atoms with van der Waals surface area (Å²) in [6, 6.07) is 7.86. The van der Waals surface area contributed by atoms with Crippen LogP contribution in [0.4, 0.5) is 0 Å². The lowest BCUT2D eigenvalue weighted by atomic mass is 10.1. The Hall–Kier alpha value is -1.06. The molecule has 0 radical (unpaired) electrons. The topological polar surface area (TPSA) is 41.1 Å². The second-order valence-corrected chi connectivity index (χ2v) is 4.97. The molecule has 4 heteroatoms. The molecule has 0 saturated heterocycles. The molecule has 2 atom stereocenters. The van der Waals surface area contributed by atoms with E-state index in [0.29, 0.717) is 17.6 Å². The molecular weight excluding hydrogens is 248 g/mol. The maximum Gasteiger partial charge on any atom is 0.234 e. The van der Waals surface area contributed by atoms with Crippen molar-refractivity contribution >= 4 is 17.5 Å². The average molecular weight is 269 g/mol. The van der Waals surface area contributed by atoms with Crippen LogP contribution < -0.4 is 10.6 Å². The van der Waals surface area contributed by atoms with Gasteiger partial charge in [-0.25, -0.2) is 0 Å². The van der Waals surface area contributed by atoms with Crippen molar-refractivity contribution in [3.63, 3.8) is 0 Å². The zero-order valence-corrected chi connectivity index (χ0v) is 11.9. The van der Waals surface area contributed by atoms with E-state index >= 15 is 0 Å². The fourth-order valence-electron chi connectivity index (χ4n) is 1.56. The van der Waals surface area contributed by atoms with Gasteiger partial charge in [0.05, 0.1) is 12.6 Å². The van der Waals surface area contributed by atoms with Crippen molar-refractivity contribution in [3.05, 3.63) is 34.9 Å². The highest BCUT2D eigenvalue weighted by molar-refractivity contribution is 6.30. The monoisotopic (exact) mass is 268 g/mol. The molecule has 100 valence electrons. The van der Waals surface area contributed by atoms with Gasteiger partial charge >= 0.3 is 0 Å². The van der Waals surface area contributed by atoms with Gasteiger partial charge < -0.3 is 10.6 Å². The first kappa shape index (κ1) is 15.0. The normalized spacial score (nSPS) is 14.0. The fraction of sp³-hybridized carbons (Fsp3) is 0.500. The maximum atomic E-state index is 11.7. The van der Waals surface area contributed by atoms with Gasteiger partial charge in [-0.3, -0.25) is 4.79 Å². The second kappa shape index (κ2) is 7.39. The molecule has 2 N–H and O–H groups in total. The van der Waals surface area contributed by atoms with Crippen LogP contribution in [0.5, 0.6) is 0 Å². The number of amides is 1. The number of carbonyl (C=O) groups is 1. The Morgan fingerprint density at radius 3 is 2.72 bits per heavy atom. The summed E-state index contributed by atoms with van der Waals surface area (Å²) >= 11 is 5.92. The zero-order valence-electron chi connectivity index (χ0n) is 11.2. The van der Waals surface area contributed by atoms with E-state index in [4.69, 9.17) is 11.6 Å². The highest BCUT2D eigenvalue weighted by Crippen LogP contribution is 2.16. The Kier molecular flexibility index (Phi) is 6.16.